The molecule has 0 aliphatic heterocycles. The van der Waals surface area contributed by atoms with Crippen LogP contribution in [0.4, 0.5) is 0 Å². The van der Waals surface area contributed by atoms with Gasteiger partial charge in [0.25, 0.3) is 0 Å². The van der Waals surface area contributed by atoms with Gasteiger partial charge >= 0.3 is 5.97 Å². The molecule has 0 aromatic carbocycles. The predicted octanol–water partition coefficient (Wildman–Crippen LogP) is 1.42. The van der Waals surface area contributed by atoms with E-state index in [1.165, 1.54) is 0 Å². The Bertz CT molecular complexity index is 197. The molecule has 16 heavy (non-hydrogen) atoms. The maximum atomic E-state index is 10.4. The van der Waals surface area contributed by atoms with Crippen molar-refractivity contribution < 1.29 is 9.90 Å². The first-order valence-corrected chi connectivity index (χ1v) is 5.96. The highest BCUT2D eigenvalue weighted by atomic mass is 16.4. The van der Waals surface area contributed by atoms with Gasteiger partial charge in [0.05, 0.1) is 0 Å². The predicted molar refractivity (Wildman–Crippen MR) is 66.6 cm³/mol. The first kappa shape index (κ1) is 15.4. The molecule has 0 amide bonds. The van der Waals surface area contributed by atoms with Crippen LogP contribution in [0.15, 0.2) is 0 Å². The minimum Gasteiger partial charge on any atom is -0.481 e. The van der Waals surface area contributed by atoms with Crippen molar-refractivity contribution in [2.24, 2.45) is 5.92 Å². The minimum absolute atomic E-state index is 0.239. The summed E-state index contributed by atoms with van der Waals surface area (Å²) in [6.45, 7) is 7.35. The number of carboxylic acid groups (broad SMARTS) is 1. The molecule has 0 saturated heterocycles. The van der Waals surface area contributed by atoms with Crippen molar-refractivity contribution in [3.05, 3.63) is 0 Å². The fourth-order valence-corrected chi connectivity index (χ4v) is 1.78. The van der Waals surface area contributed by atoms with E-state index in [4.69, 9.17) is 5.11 Å². The van der Waals surface area contributed by atoms with Gasteiger partial charge in [0.2, 0.25) is 0 Å². The molecule has 0 bridgehead atoms. The number of likely N-dealkylation sites (N-methyl/N-ethyl adjacent to an activating group) is 1. The van der Waals surface area contributed by atoms with Crippen molar-refractivity contribution in [2.45, 2.75) is 45.7 Å². The normalized spacial score (nSPS) is 15.4. The molecule has 0 aromatic heterocycles. The largest absolute Gasteiger partial charge is 0.481 e. The lowest BCUT2D eigenvalue weighted by Crippen LogP contribution is -2.44. The Morgan fingerprint density at radius 3 is 2.25 bits per heavy atom. The van der Waals surface area contributed by atoms with Crippen molar-refractivity contribution in [2.75, 3.05) is 20.6 Å². The highest BCUT2D eigenvalue weighted by Crippen LogP contribution is 2.07. The molecule has 0 heterocycles. The van der Waals surface area contributed by atoms with Gasteiger partial charge in [0, 0.05) is 25.0 Å². The molecule has 96 valence electrons. The number of hydrogen-bond donors (Lipinski definition) is 2. The van der Waals surface area contributed by atoms with E-state index in [9.17, 15) is 4.79 Å². The van der Waals surface area contributed by atoms with Gasteiger partial charge in [-0.2, -0.15) is 0 Å². The Kier molecular flexibility index (Phi) is 7.34. The van der Waals surface area contributed by atoms with E-state index < -0.39 is 5.97 Å². The van der Waals surface area contributed by atoms with Gasteiger partial charge in [0.1, 0.15) is 0 Å². The first-order chi connectivity index (χ1) is 7.34. The molecular weight excluding hydrogens is 204 g/mol. The van der Waals surface area contributed by atoms with Crippen LogP contribution in [0.2, 0.25) is 0 Å². The zero-order chi connectivity index (χ0) is 12.7. The number of aliphatic carboxylic acids is 1. The number of carboxylic acids is 1. The fraction of sp³-hybridized carbons (Fsp3) is 0.917. The lowest BCUT2D eigenvalue weighted by Gasteiger charge is -2.29. The summed E-state index contributed by atoms with van der Waals surface area (Å²) in [5.41, 5.74) is 0. The molecule has 0 aliphatic carbocycles. The van der Waals surface area contributed by atoms with Gasteiger partial charge in [-0.05, 0) is 33.4 Å². The minimum atomic E-state index is -0.721. The van der Waals surface area contributed by atoms with Crippen LogP contribution in [-0.2, 0) is 4.79 Å². The monoisotopic (exact) mass is 230 g/mol. The Hall–Kier alpha value is -0.610. The van der Waals surface area contributed by atoms with E-state index >= 15 is 0 Å². The first-order valence-electron chi connectivity index (χ1n) is 5.96. The number of carbonyl (C=O) groups is 1. The summed E-state index contributed by atoms with van der Waals surface area (Å²) in [6.07, 6.45) is 0.927. The number of nitrogens with one attached hydrogen (secondary N) is 1. The van der Waals surface area contributed by atoms with E-state index in [0.29, 0.717) is 18.4 Å². The lowest BCUT2D eigenvalue weighted by atomic mass is 10.0. The van der Waals surface area contributed by atoms with Gasteiger partial charge in [0.15, 0.2) is 0 Å². The van der Waals surface area contributed by atoms with Crippen LogP contribution in [0.1, 0.15) is 33.6 Å². The standard InChI is InChI=1S/C12H26N2O2/c1-9(2)11(14(4)5)8-13-10(3)6-7-12(15)16/h9-11,13H,6-8H2,1-5H3,(H,15,16). The summed E-state index contributed by atoms with van der Waals surface area (Å²) in [4.78, 5) is 12.6. The molecule has 0 aromatic rings. The second kappa shape index (κ2) is 7.63. The van der Waals surface area contributed by atoms with Gasteiger partial charge < -0.3 is 15.3 Å². The third-order valence-corrected chi connectivity index (χ3v) is 2.90. The smallest absolute Gasteiger partial charge is 0.303 e. The van der Waals surface area contributed by atoms with Gasteiger partial charge in [-0.1, -0.05) is 13.8 Å². The molecule has 0 spiro atoms. The average molecular weight is 230 g/mol. The van der Waals surface area contributed by atoms with Crippen molar-refractivity contribution in [1.82, 2.24) is 10.2 Å². The number of nitrogens with zero attached hydrogens (tertiary/aromatic N) is 1. The molecule has 0 saturated carbocycles. The summed E-state index contributed by atoms with van der Waals surface area (Å²) in [6, 6.07) is 0.754. The van der Waals surface area contributed by atoms with E-state index in [1.807, 2.05) is 6.92 Å². The lowest BCUT2D eigenvalue weighted by molar-refractivity contribution is -0.137. The molecule has 2 atom stereocenters. The summed E-state index contributed by atoms with van der Waals surface area (Å²) < 4.78 is 0. The van der Waals surface area contributed by atoms with Gasteiger partial charge in [-0.25, -0.2) is 0 Å². The maximum absolute atomic E-state index is 10.4. The number of rotatable bonds is 8. The highest BCUT2D eigenvalue weighted by molar-refractivity contribution is 5.66. The maximum Gasteiger partial charge on any atom is 0.303 e. The van der Waals surface area contributed by atoms with Gasteiger partial charge in [-0.15, -0.1) is 0 Å². The molecule has 2 unspecified atom stereocenters. The van der Waals surface area contributed by atoms with Crippen molar-refractivity contribution in [1.29, 1.82) is 0 Å². The Morgan fingerprint density at radius 2 is 1.88 bits per heavy atom. The second-order valence-corrected chi connectivity index (χ2v) is 5.02. The number of hydrogen-bond acceptors (Lipinski definition) is 3. The van der Waals surface area contributed by atoms with Crippen molar-refractivity contribution >= 4 is 5.97 Å². The summed E-state index contributed by atoms with van der Waals surface area (Å²) >= 11 is 0. The second-order valence-electron chi connectivity index (χ2n) is 5.02. The van der Waals surface area contributed by atoms with Crippen molar-refractivity contribution in [3.63, 3.8) is 0 Å². The van der Waals surface area contributed by atoms with E-state index in [2.05, 4.69) is 38.2 Å². The molecule has 0 rings (SSSR count). The third kappa shape index (κ3) is 6.80. The quantitative estimate of drug-likeness (QED) is 0.662. The van der Waals surface area contributed by atoms with E-state index in [1.54, 1.807) is 0 Å². The highest BCUT2D eigenvalue weighted by Gasteiger charge is 2.16. The fourth-order valence-electron chi connectivity index (χ4n) is 1.78. The molecule has 0 aliphatic rings. The van der Waals surface area contributed by atoms with E-state index in [0.717, 1.165) is 6.54 Å². The van der Waals surface area contributed by atoms with Crippen LogP contribution in [0, 0.1) is 5.92 Å². The Labute approximate surface area is 99.0 Å². The van der Waals surface area contributed by atoms with Crippen LogP contribution < -0.4 is 5.32 Å². The van der Waals surface area contributed by atoms with E-state index in [-0.39, 0.29) is 12.5 Å². The van der Waals surface area contributed by atoms with Crippen LogP contribution in [-0.4, -0.2) is 48.7 Å². The third-order valence-electron chi connectivity index (χ3n) is 2.90. The Morgan fingerprint density at radius 1 is 1.31 bits per heavy atom. The van der Waals surface area contributed by atoms with Crippen LogP contribution >= 0.6 is 0 Å². The topological polar surface area (TPSA) is 52.6 Å². The zero-order valence-corrected chi connectivity index (χ0v) is 11.2. The summed E-state index contributed by atoms with van der Waals surface area (Å²) in [5, 5.41) is 12.0. The SMILES string of the molecule is CC(CCC(=O)O)NCC(C(C)C)N(C)C. The van der Waals surface area contributed by atoms with Gasteiger partial charge in [-0.3, -0.25) is 4.79 Å². The van der Waals surface area contributed by atoms with Crippen LogP contribution in [0.3, 0.4) is 0 Å². The molecule has 0 fully saturated rings. The molecule has 4 heteroatoms. The molecule has 4 nitrogen and oxygen atoms in total. The zero-order valence-electron chi connectivity index (χ0n) is 11.2. The summed E-state index contributed by atoms with van der Waals surface area (Å²) in [7, 11) is 4.16. The van der Waals surface area contributed by atoms with Crippen molar-refractivity contribution in [3.8, 4) is 0 Å². The average Bonchev–Trinajstić information content (AvgIpc) is 2.13. The van der Waals surface area contributed by atoms with Crippen LogP contribution in [0.25, 0.3) is 0 Å². The molecular formula is C12H26N2O2. The molecule has 2 N–H and O–H groups in total. The molecule has 0 radical (unpaired) electrons. The Balaban J connectivity index is 3.87. The summed E-state index contributed by atoms with van der Waals surface area (Å²) in [5.74, 6) is -0.129. The van der Waals surface area contributed by atoms with Crippen LogP contribution in [0.5, 0.6) is 0 Å².